The molecule has 0 aromatic heterocycles. The van der Waals surface area contributed by atoms with Crippen molar-refractivity contribution in [1.82, 2.24) is 10.4 Å². The standard InChI is InChI=1S/C19H32N2O4/c1-18(2)10-14(11-19(3,4)21(18)22)20-12-13-8-15(23-5)17(25-7)16(9-13)24-6/h8-9,14,20,22H,10-12H2,1-7H3. The predicted octanol–water partition coefficient (Wildman–Crippen LogP) is 3.21. The fraction of sp³-hybridized carbons (Fsp3) is 0.684. The summed E-state index contributed by atoms with van der Waals surface area (Å²) in [5.74, 6) is 1.92. The van der Waals surface area contributed by atoms with Crippen molar-refractivity contribution in [3.05, 3.63) is 17.7 Å². The van der Waals surface area contributed by atoms with Gasteiger partial charge >= 0.3 is 0 Å². The lowest BCUT2D eigenvalue weighted by Gasteiger charge is -2.51. The Balaban J connectivity index is 2.13. The van der Waals surface area contributed by atoms with Crippen LogP contribution in [-0.2, 0) is 6.54 Å². The monoisotopic (exact) mass is 352 g/mol. The van der Waals surface area contributed by atoms with E-state index in [1.54, 1.807) is 21.3 Å². The fourth-order valence-corrected chi connectivity index (χ4v) is 3.91. The zero-order valence-electron chi connectivity index (χ0n) is 16.5. The number of hydroxylamine groups is 2. The fourth-order valence-electron chi connectivity index (χ4n) is 3.91. The van der Waals surface area contributed by atoms with Crippen molar-refractivity contribution >= 4 is 0 Å². The highest BCUT2D eigenvalue weighted by molar-refractivity contribution is 5.53. The molecule has 0 atom stereocenters. The lowest BCUT2D eigenvalue weighted by atomic mass is 9.79. The molecule has 1 saturated heterocycles. The van der Waals surface area contributed by atoms with Crippen LogP contribution >= 0.6 is 0 Å². The molecule has 0 bridgehead atoms. The molecule has 1 aliphatic heterocycles. The van der Waals surface area contributed by atoms with Crippen LogP contribution in [0.1, 0.15) is 46.1 Å². The zero-order valence-corrected chi connectivity index (χ0v) is 16.5. The second-order valence-electron chi connectivity index (χ2n) is 7.96. The SMILES string of the molecule is COc1cc(CNC2CC(C)(C)N(O)C(C)(C)C2)cc(OC)c1OC. The Morgan fingerprint density at radius 3 is 1.88 bits per heavy atom. The van der Waals surface area contributed by atoms with Gasteiger partial charge in [0.1, 0.15) is 0 Å². The Kier molecular flexibility index (Phi) is 5.86. The van der Waals surface area contributed by atoms with E-state index in [4.69, 9.17) is 14.2 Å². The van der Waals surface area contributed by atoms with E-state index in [2.05, 4.69) is 33.0 Å². The Morgan fingerprint density at radius 1 is 1.00 bits per heavy atom. The second kappa shape index (κ2) is 7.40. The molecule has 2 N–H and O–H groups in total. The smallest absolute Gasteiger partial charge is 0.203 e. The van der Waals surface area contributed by atoms with E-state index in [0.29, 0.717) is 29.8 Å². The summed E-state index contributed by atoms with van der Waals surface area (Å²) in [5.41, 5.74) is 0.528. The number of hydrogen-bond acceptors (Lipinski definition) is 6. The van der Waals surface area contributed by atoms with Gasteiger partial charge in [0.25, 0.3) is 0 Å². The molecular formula is C19H32N2O4. The highest BCUT2D eigenvalue weighted by Crippen LogP contribution is 2.39. The molecule has 6 nitrogen and oxygen atoms in total. The molecule has 2 rings (SSSR count). The summed E-state index contributed by atoms with van der Waals surface area (Å²) >= 11 is 0. The van der Waals surface area contributed by atoms with Crippen LogP contribution in [0, 0.1) is 0 Å². The van der Waals surface area contributed by atoms with Gasteiger partial charge in [0.2, 0.25) is 5.75 Å². The van der Waals surface area contributed by atoms with Crippen molar-refractivity contribution in [2.45, 2.75) is 64.2 Å². The first-order valence-electron chi connectivity index (χ1n) is 8.66. The second-order valence-corrected chi connectivity index (χ2v) is 7.96. The van der Waals surface area contributed by atoms with E-state index in [1.165, 1.54) is 5.06 Å². The van der Waals surface area contributed by atoms with Crippen LogP contribution in [-0.4, -0.2) is 48.7 Å². The van der Waals surface area contributed by atoms with Crippen molar-refractivity contribution in [1.29, 1.82) is 0 Å². The third-order valence-corrected chi connectivity index (χ3v) is 4.96. The Morgan fingerprint density at radius 2 is 1.48 bits per heavy atom. The van der Waals surface area contributed by atoms with Gasteiger partial charge in [0.05, 0.1) is 21.3 Å². The topological polar surface area (TPSA) is 63.2 Å². The van der Waals surface area contributed by atoms with Crippen molar-refractivity contribution < 1.29 is 19.4 Å². The number of ether oxygens (including phenoxy) is 3. The van der Waals surface area contributed by atoms with Crippen molar-refractivity contribution in [2.24, 2.45) is 0 Å². The quantitative estimate of drug-likeness (QED) is 0.820. The highest BCUT2D eigenvalue weighted by atomic mass is 16.5. The van der Waals surface area contributed by atoms with Crippen LogP contribution < -0.4 is 19.5 Å². The van der Waals surface area contributed by atoms with E-state index < -0.39 is 0 Å². The molecule has 1 heterocycles. The van der Waals surface area contributed by atoms with Crippen LogP contribution in [0.3, 0.4) is 0 Å². The zero-order chi connectivity index (χ0) is 18.8. The van der Waals surface area contributed by atoms with Crippen LogP contribution in [0.5, 0.6) is 17.2 Å². The summed E-state index contributed by atoms with van der Waals surface area (Å²) in [4.78, 5) is 0. The van der Waals surface area contributed by atoms with Gasteiger partial charge in [0, 0.05) is 23.7 Å². The van der Waals surface area contributed by atoms with Crippen molar-refractivity contribution in [2.75, 3.05) is 21.3 Å². The molecule has 0 saturated carbocycles. The van der Waals surface area contributed by atoms with Crippen molar-refractivity contribution in [3.8, 4) is 17.2 Å². The van der Waals surface area contributed by atoms with Gasteiger partial charge in [-0.2, -0.15) is 5.06 Å². The Labute approximate surface area is 151 Å². The normalized spacial score (nSPS) is 20.3. The van der Waals surface area contributed by atoms with Gasteiger partial charge in [-0.05, 0) is 58.2 Å². The first-order chi connectivity index (χ1) is 11.6. The summed E-state index contributed by atoms with van der Waals surface area (Å²) in [6, 6.07) is 4.24. The number of piperidine rings is 1. The van der Waals surface area contributed by atoms with Crippen molar-refractivity contribution in [3.63, 3.8) is 0 Å². The van der Waals surface area contributed by atoms with E-state index in [-0.39, 0.29) is 11.1 Å². The van der Waals surface area contributed by atoms with Gasteiger partial charge in [-0.25, -0.2) is 0 Å². The minimum Gasteiger partial charge on any atom is -0.493 e. The van der Waals surface area contributed by atoms with Gasteiger partial charge in [0.15, 0.2) is 11.5 Å². The maximum absolute atomic E-state index is 10.4. The lowest BCUT2D eigenvalue weighted by Crippen LogP contribution is -2.62. The Hall–Kier alpha value is -1.50. The van der Waals surface area contributed by atoms with E-state index in [9.17, 15) is 5.21 Å². The lowest BCUT2D eigenvalue weighted by molar-refractivity contribution is -0.246. The number of hydrogen-bond donors (Lipinski definition) is 2. The molecule has 0 aliphatic carbocycles. The predicted molar refractivity (Wildman–Crippen MR) is 97.7 cm³/mol. The van der Waals surface area contributed by atoms with E-state index in [0.717, 1.165) is 18.4 Å². The molecule has 6 heteroatoms. The molecule has 142 valence electrons. The van der Waals surface area contributed by atoms with E-state index >= 15 is 0 Å². The van der Waals surface area contributed by atoms with Crippen LogP contribution in [0.15, 0.2) is 12.1 Å². The molecular weight excluding hydrogens is 320 g/mol. The number of nitrogens with one attached hydrogen (secondary N) is 1. The molecule has 1 aliphatic rings. The highest BCUT2D eigenvalue weighted by Gasteiger charge is 2.44. The summed E-state index contributed by atoms with van der Waals surface area (Å²) in [6.45, 7) is 8.98. The van der Waals surface area contributed by atoms with Gasteiger partial charge in [-0.1, -0.05) is 0 Å². The summed E-state index contributed by atoms with van der Waals surface area (Å²) in [7, 11) is 4.85. The molecule has 0 spiro atoms. The maximum atomic E-state index is 10.4. The average molecular weight is 352 g/mol. The molecule has 1 aromatic carbocycles. The molecule has 0 unspecified atom stereocenters. The number of benzene rings is 1. The summed E-state index contributed by atoms with van der Waals surface area (Å²) in [5, 5.41) is 15.5. The average Bonchev–Trinajstić information content (AvgIpc) is 2.56. The molecule has 0 amide bonds. The van der Waals surface area contributed by atoms with Crippen LogP contribution in [0.4, 0.5) is 0 Å². The first kappa shape index (κ1) is 19.8. The molecule has 1 aromatic rings. The minimum atomic E-state index is -0.269. The summed E-state index contributed by atoms with van der Waals surface area (Å²) < 4.78 is 16.2. The Bertz CT molecular complexity index is 558. The maximum Gasteiger partial charge on any atom is 0.203 e. The minimum absolute atomic E-state index is 0.269. The molecule has 0 radical (unpaired) electrons. The summed E-state index contributed by atoms with van der Waals surface area (Å²) in [6.07, 6.45) is 1.74. The largest absolute Gasteiger partial charge is 0.493 e. The van der Waals surface area contributed by atoms with Crippen LogP contribution in [0.25, 0.3) is 0 Å². The van der Waals surface area contributed by atoms with E-state index in [1.807, 2.05) is 12.1 Å². The number of methoxy groups -OCH3 is 3. The third-order valence-electron chi connectivity index (χ3n) is 4.96. The van der Waals surface area contributed by atoms with Gasteiger partial charge in [-0.15, -0.1) is 0 Å². The first-order valence-corrected chi connectivity index (χ1v) is 8.66. The molecule has 1 fully saturated rings. The van der Waals surface area contributed by atoms with Gasteiger partial charge < -0.3 is 24.7 Å². The number of rotatable bonds is 6. The number of nitrogens with zero attached hydrogens (tertiary/aromatic N) is 1. The van der Waals surface area contributed by atoms with Gasteiger partial charge in [-0.3, -0.25) is 0 Å². The van der Waals surface area contributed by atoms with Crippen LogP contribution in [0.2, 0.25) is 0 Å². The molecule has 25 heavy (non-hydrogen) atoms. The third kappa shape index (κ3) is 4.19.